The Hall–Kier alpha value is 0.440. The molecule has 0 bridgehead atoms. The van der Waals surface area contributed by atoms with Crippen LogP contribution in [0.15, 0.2) is 0 Å². The zero-order chi connectivity index (χ0) is 6.85. The normalized spacial score (nSPS) is 36.3. The Balaban J connectivity index is 2.17. The molecule has 1 aliphatic rings. The van der Waals surface area contributed by atoms with Gasteiger partial charge in [-0.3, -0.25) is 0 Å². The zero-order valence-corrected chi connectivity index (χ0v) is 7.52. The van der Waals surface area contributed by atoms with Gasteiger partial charge in [0.2, 0.25) is 0 Å². The molecule has 0 amide bonds. The van der Waals surface area contributed by atoms with Gasteiger partial charge < -0.3 is 4.74 Å². The monoisotopic (exact) mass is 192 g/mol. The second-order valence-electron chi connectivity index (χ2n) is 2.75. The van der Waals surface area contributed by atoms with Crippen LogP contribution in [0.25, 0.3) is 0 Å². The second-order valence-corrected chi connectivity index (χ2v) is 3.40. The summed E-state index contributed by atoms with van der Waals surface area (Å²) in [5.74, 6) is 1.72. The summed E-state index contributed by atoms with van der Waals surface area (Å²) < 4.78 is 5.19. The van der Waals surface area contributed by atoms with Gasteiger partial charge in [-0.25, -0.2) is 0 Å². The van der Waals surface area contributed by atoms with Crippen molar-refractivity contribution in [1.82, 2.24) is 0 Å². The molecule has 0 N–H and O–H groups in total. The maximum atomic E-state index is 5.19. The largest absolute Gasteiger partial charge is 0.381 e. The molecule has 0 spiro atoms. The minimum absolute atomic E-state index is 0.465. The van der Waals surface area contributed by atoms with Gasteiger partial charge in [-0.05, 0) is 25.2 Å². The van der Waals surface area contributed by atoms with Gasteiger partial charge in [0, 0.05) is 12.4 Å². The molecular weight excluding hydrogens is 180 g/mol. The van der Waals surface area contributed by atoms with E-state index in [1.807, 2.05) is 0 Å². The molecule has 1 saturated carbocycles. The Labute approximate surface area is 64.9 Å². The van der Waals surface area contributed by atoms with Crippen LogP contribution < -0.4 is 0 Å². The van der Waals surface area contributed by atoms with Crippen LogP contribution in [0.2, 0.25) is 0 Å². The highest BCUT2D eigenvalue weighted by atomic mass is 79.9. The van der Waals surface area contributed by atoms with Gasteiger partial charge in [0.25, 0.3) is 0 Å². The Morgan fingerprint density at radius 3 is 2.78 bits per heavy atom. The number of ether oxygens (including phenoxy) is 1. The summed E-state index contributed by atoms with van der Waals surface area (Å²) in [6, 6.07) is 0. The van der Waals surface area contributed by atoms with Crippen molar-refractivity contribution in [2.75, 3.05) is 12.4 Å². The number of hydrogen-bond donors (Lipinski definition) is 0. The zero-order valence-electron chi connectivity index (χ0n) is 5.93. The lowest BCUT2D eigenvalue weighted by Crippen LogP contribution is -2.08. The molecule has 1 aliphatic carbocycles. The fraction of sp³-hybridized carbons (Fsp3) is 1.00. The summed E-state index contributed by atoms with van der Waals surface area (Å²) >= 11 is 3.46. The lowest BCUT2D eigenvalue weighted by Gasteiger charge is -2.06. The van der Waals surface area contributed by atoms with Crippen LogP contribution in [0.3, 0.4) is 0 Å². The van der Waals surface area contributed by atoms with Gasteiger partial charge in [-0.15, -0.1) is 0 Å². The molecule has 0 aromatic heterocycles. The third kappa shape index (κ3) is 1.68. The Bertz CT molecular complexity index is 94.9. The first-order chi connectivity index (χ1) is 4.29. The predicted molar refractivity (Wildman–Crippen MR) is 41.9 cm³/mol. The first-order valence-corrected chi connectivity index (χ1v) is 4.50. The van der Waals surface area contributed by atoms with Gasteiger partial charge in [0.15, 0.2) is 0 Å². The number of hydrogen-bond acceptors (Lipinski definition) is 1. The molecule has 3 unspecified atom stereocenters. The quantitative estimate of drug-likeness (QED) is 0.623. The van der Waals surface area contributed by atoms with Crippen molar-refractivity contribution >= 4 is 15.9 Å². The van der Waals surface area contributed by atoms with Crippen molar-refractivity contribution in [3.63, 3.8) is 0 Å². The van der Waals surface area contributed by atoms with Crippen LogP contribution in [0, 0.1) is 11.8 Å². The lowest BCUT2D eigenvalue weighted by molar-refractivity contribution is 0.0964. The number of rotatable bonds is 3. The molecule has 3 atom stereocenters. The lowest BCUT2D eigenvalue weighted by atomic mass is 10.2. The molecule has 0 aromatic carbocycles. The van der Waals surface area contributed by atoms with Crippen molar-refractivity contribution in [3.05, 3.63) is 0 Å². The second kappa shape index (κ2) is 3.02. The van der Waals surface area contributed by atoms with E-state index in [0.717, 1.165) is 17.2 Å². The van der Waals surface area contributed by atoms with Crippen LogP contribution in [0.4, 0.5) is 0 Å². The minimum atomic E-state index is 0.465. The molecule has 1 rings (SSSR count). The average molecular weight is 193 g/mol. The van der Waals surface area contributed by atoms with Crippen molar-refractivity contribution in [2.45, 2.75) is 19.4 Å². The maximum absolute atomic E-state index is 5.19. The van der Waals surface area contributed by atoms with Crippen LogP contribution >= 0.6 is 15.9 Å². The third-order valence-electron chi connectivity index (χ3n) is 2.15. The van der Waals surface area contributed by atoms with E-state index in [2.05, 4.69) is 22.9 Å². The first-order valence-electron chi connectivity index (χ1n) is 3.38. The van der Waals surface area contributed by atoms with Crippen LogP contribution in [-0.4, -0.2) is 18.5 Å². The molecule has 54 valence electrons. The van der Waals surface area contributed by atoms with Crippen LogP contribution in [0.1, 0.15) is 13.3 Å². The first kappa shape index (κ1) is 7.55. The summed E-state index contributed by atoms with van der Waals surface area (Å²) in [6.07, 6.45) is 1.81. The van der Waals surface area contributed by atoms with E-state index in [1.54, 1.807) is 7.11 Å². The van der Waals surface area contributed by atoms with Gasteiger partial charge in [0.05, 0.1) is 6.10 Å². The smallest absolute Gasteiger partial charge is 0.0574 e. The van der Waals surface area contributed by atoms with E-state index < -0.39 is 0 Å². The highest BCUT2D eigenvalue weighted by Crippen LogP contribution is 2.42. The fourth-order valence-electron chi connectivity index (χ4n) is 1.20. The molecule has 0 aromatic rings. The van der Waals surface area contributed by atoms with E-state index in [4.69, 9.17) is 4.74 Å². The standard InChI is InChI=1S/C7H13BrO/c1-5(9-2)7-3-6(7)4-8/h5-7H,3-4H2,1-2H3. The average Bonchev–Trinajstić information content (AvgIpc) is 2.64. The topological polar surface area (TPSA) is 9.23 Å². The van der Waals surface area contributed by atoms with Gasteiger partial charge in [-0.2, -0.15) is 0 Å². The molecule has 2 heteroatoms. The van der Waals surface area contributed by atoms with E-state index in [1.165, 1.54) is 6.42 Å². The van der Waals surface area contributed by atoms with E-state index in [0.29, 0.717) is 6.10 Å². The molecule has 0 aliphatic heterocycles. The van der Waals surface area contributed by atoms with Crippen molar-refractivity contribution in [1.29, 1.82) is 0 Å². The highest BCUT2D eigenvalue weighted by Gasteiger charge is 2.39. The summed E-state index contributed by atoms with van der Waals surface area (Å²) in [6.45, 7) is 2.15. The molecule has 1 fully saturated rings. The Morgan fingerprint density at radius 2 is 2.44 bits per heavy atom. The summed E-state index contributed by atoms with van der Waals surface area (Å²) in [4.78, 5) is 0. The molecule has 0 radical (unpaired) electrons. The summed E-state index contributed by atoms with van der Waals surface area (Å²) in [7, 11) is 1.79. The van der Waals surface area contributed by atoms with E-state index >= 15 is 0 Å². The molecule has 1 nitrogen and oxygen atoms in total. The number of methoxy groups -OCH3 is 1. The van der Waals surface area contributed by atoms with Gasteiger partial charge in [0.1, 0.15) is 0 Å². The third-order valence-corrected chi connectivity index (χ3v) is 2.98. The molecule has 0 heterocycles. The Kier molecular flexibility index (Phi) is 2.53. The number of halogens is 1. The summed E-state index contributed by atoms with van der Waals surface area (Å²) in [5, 5.41) is 1.14. The maximum Gasteiger partial charge on any atom is 0.0574 e. The van der Waals surface area contributed by atoms with Crippen molar-refractivity contribution < 1.29 is 4.74 Å². The number of alkyl halides is 1. The van der Waals surface area contributed by atoms with Gasteiger partial charge in [-0.1, -0.05) is 15.9 Å². The predicted octanol–water partition coefficient (Wildman–Crippen LogP) is 2.05. The highest BCUT2D eigenvalue weighted by molar-refractivity contribution is 9.09. The fourth-order valence-corrected chi connectivity index (χ4v) is 1.94. The SMILES string of the molecule is COC(C)C1CC1CBr. The molecule has 9 heavy (non-hydrogen) atoms. The molecular formula is C7H13BrO. The Morgan fingerprint density at radius 1 is 1.78 bits per heavy atom. The van der Waals surface area contributed by atoms with E-state index in [-0.39, 0.29) is 0 Å². The van der Waals surface area contributed by atoms with Crippen LogP contribution in [0.5, 0.6) is 0 Å². The van der Waals surface area contributed by atoms with E-state index in [9.17, 15) is 0 Å². The van der Waals surface area contributed by atoms with Crippen molar-refractivity contribution in [3.8, 4) is 0 Å². The van der Waals surface area contributed by atoms with Gasteiger partial charge >= 0.3 is 0 Å². The van der Waals surface area contributed by atoms with Crippen LogP contribution in [-0.2, 0) is 4.74 Å². The summed E-state index contributed by atoms with van der Waals surface area (Å²) in [5.41, 5.74) is 0. The van der Waals surface area contributed by atoms with Crippen molar-refractivity contribution in [2.24, 2.45) is 11.8 Å². The molecule has 0 saturated heterocycles. The minimum Gasteiger partial charge on any atom is -0.381 e.